The van der Waals surface area contributed by atoms with Crippen LogP contribution >= 0.6 is 0 Å². The molecule has 2 aromatic carbocycles. The number of benzene rings is 2. The molecule has 0 aliphatic carbocycles. The van der Waals surface area contributed by atoms with E-state index in [1.165, 1.54) is 16.7 Å². The summed E-state index contributed by atoms with van der Waals surface area (Å²) in [6, 6.07) is 13.1. The second kappa shape index (κ2) is 7.09. The molecule has 1 unspecified atom stereocenters. The zero-order valence-electron chi connectivity index (χ0n) is 14.8. The molecule has 2 aromatic rings. The van der Waals surface area contributed by atoms with E-state index in [2.05, 4.69) is 32.0 Å². The highest BCUT2D eigenvalue weighted by atomic mass is 16.2. The number of amides is 2. The lowest BCUT2D eigenvalue weighted by Crippen LogP contribution is -2.39. The monoisotopic (exact) mass is 336 g/mol. The standard InChI is InChI=1S/C21H24N2O2/c1-14-7-5-10-18(15(14)2)19-11-3-4-12-23(19)21(25)17-9-6-8-16(13-17)20(22)24/h5-10,13,19H,3-4,11-12H2,1-2H3,(H2,22,24). The van der Waals surface area contributed by atoms with Crippen LogP contribution in [0.5, 0.6) is 0 Å². The number of hydrogen-bond donors (Lipinski definition) is 1. The van der Waals surface area contributed by atoms with E-state index in [0.29, 0.717) is 11.1 Å². The van der Waals surface area contributed by atoms with Gasteiger partial charge in [0.2, 0.25) is 5.91 Å². The SMILES string of the molecule is Cc1cccc(C2CCCCN2C(=O)c2cccc(C(N)=O)c2)c1C. The van der Waals surface area contributed by atoms with Crippen molar-refractivity contribution in [3.05, 3.63) is 70.3 Å². The maximum Gasteiger partial charge on any atom is 0.254 e. The number of aryl methyl sites for hydroxylation is 1. The highest BCUT2D eigenvalue weighted by molar-refractivity contribution is 5.99. The summed E-state index contributed by atoms with van der Waals surface area (Å²) in [5.74, 6) is -0.548. The van der Waals surface area contributed by atoms with Gasteiger partial charge >= 0.3 is 0 Å². The largest absolute Gasteiger partial charge is 0.366 e. The molecule has 3 rings (SSSR count). The molecule has 0 saturated carbocycles. The molecular weight excluding hydrogens is 312 g/mol. The lowest BCUT2D eigenvalue weighted by molar-refractivity contribution is 0.0611. The molecule has 4 nitrogen and oxygen atoms in total. The van der Waals surface area contributed by atoms with Crippen molar-refractivity contribution in [2.75, 3.05) is 6.54 Å². The van der Waals surface area contributed by atoms with Crippen LogP contribution in [0.4, 0.5) is 0 Å². The summed E-state index contributed by atoms with van der Waals surface area (Å²) in [5, 5.41) is 0. The van der Waals surface area contributed by atoms with Gasteiger partial charge in [-0.2, -0.15) is 0 Å². The first-order chi connectivity index (χ1) is 12.0. The molecular formula is C21H24N2O2. The first-order valence-electron chi connectivity index (χ1n) is 8.76. The topological polar surface area (TPSA) is 63.4 Å². The Labute approximate surface area is 148 Å². The van der Waals surface area contributed by atoms with Gasteiger partial charge in [0.15, 0.2) is 0 Å². The predicted molar refractivity (Wildman–Crippen MR) is 98.5 cm³/mol. The summed E-state index contributed by atoms with van der Waals surface area (Å²) in [6.07, 6.45) is 3.08. The molecule has 1 atom stereocenters. The van der Waals surface area contributed by atoms with Crippen LogP contribution in [0.15, 0.2) is 42.5 Å². The third-order valence-corrected chi connectivity index (χ3v) is 5.16. The summed E-state index contributed by atoms with van der Waals surface area (Å²) >= 11 is 0. The van der Waals surface area contributed by atoms with Crippen LogP contribution in [-0.2, 0) is 0 Å². The first kappa shape index (κ1) is 17.2. The molecule has 1 heterocycles. The summed E-state index contributed by atoms with van der Waals surface area (Å²) in [7, 11) is 0. The van der Waals surface area contributed by atoms with Crippen LogP contribution in [0, 0.1) is 13.8 Å². The Morgan fingerprint density at radius 1 is 1.04 bits per heavy atom. The van der Waals surface area contributed by atoms with Gasteiger partial charge in [-0.25, -0.2) is 0 Å². The first-order valence-corrected chi connectivity index (χ1v) is 8.76. The van der Waals surface area contributed by atoms with Gasteiger partial charge in [0, 0.05) is 17.7 Å². The highest BCUT2D eigenvalue weighted by Crippen LogP contribution is 2.34. The average Bonchev–Trinajstić information content (AvgIpc) is 2.63. The van der Waals surface area contributed by atoms with E-state index in [-0.39, 0.29) is 11.9 Å². The molecule has 130 valence electrons. The fourth-order valence-electron chi connectivity index (χ4n) is 3.60. The summed E-state index contributed by atoms with van der Waals surface area (Å²) in [4.78, 5) is 26.5. The zero-order valence-corrected chi connectivity index (χ0v) is 14.8. The third-order valence-electron chi connectivity index (χ3n) is 5.16. The number of likely N-dealkylation sites (tertiary alicyclic amines) is 1. The van der Waals surface area contributed by atoms with E-state index in [1.54, 1.807) is 24.3 Å². The second-order valence-electron chi connectivity index (χ2n) is 6.74. The summed E-state index contributed by atoms with van der Waals surface area (Å²) in [6.45, 7) is 4.96. The van der Waals surface area contributed by atoms with Gasteiger partial charge < -0.3 is 10.6 Å². The van der Waals surface area contributed by atoms with E-state index in [4.69, 9.17) is 5.73 Å². The zero-order chi connectivity index (χ0) is 18.0. The molecule has 25 heavy (non-hydrogen) atoms. The van der Waals surface area contributed by atoms with Crippen molar-refractivity contribution in [1.82, 2.24) is 4.90 Å². The number of carbonyl (C=O) groups is 2. The Kier molecular flexibility index (Phi) is 4.88. The third kappa shape index (κ3) is 3.43. The molecule has 4 heteroatoms. The summed E-state index contributed by atoms with van der Waals surface area (Å²) < 4.78 is 0. The van der Waals surface area contributed by atoms with Crippen molar-refractivity contribution >= 4 is 11.8 Å². The number of nitrogens with zero attached hydrogens (tertiary/aromatic N) is 1. The van der Waals surface area contributed by atoms with Crippen LogP contribution < -0.4 is 5.73 Å². The maximum atomic E-state index is 13.1. The Bertz CT molecular complexity index is 813. The van der Waals surface area contributed by atoms with Gasteiger partial charge in [0.1, 0.15) is 0 Å². The van der Waals surface area contributed by atoms with Crippen molar-refractivity contribution in [3.8, 4) is 0 Å². The molecule has 2 amide bonds. The lowest BCUT2D eigenvalue weighted by atomic mass is 9.90. The van der Waals surface area contributed by atoms with Crippen LogP contribution in [0.25, 0.3) is 0 Å². The Morgan fingerprint density at radius 3 is 2.52 bits per heavy atom. The fourth-order valence-corrected chi connectivity index (χ4v) is 3.60. The average molecular weight is 336 g/mol. The van der Waals surface area contributed by atoms with Crippen LogP contribution in [0.2, 0.25) is 0 Å². The minimum absolute atomic E-state index is 0.0336. The molecule has 0 aromatic heterocycles. The van der Waals surface area contributed by atoms with Crippen molar-refractivity contribution in [1.29, 1.82) is 0 Å². The molecule has 1 aliphatic rings. The van der Waals surface area contributed by atoms with Gasteiger partial charge in [0.25, 0.3) is 5.91 Å². The highest BCUT2D eigenvalue weighted by Gasteiger charge is 2.30. The van der Waals surface area contributed by atoms with E-state index < -0.39 is 5.91 Å². The number of hydrogen-bond acceptors (Lipinski definition) is 2. The van der Waals surface area contributed by atoms with Gasteiger partial charge in [-0.3, -0.25) is 9.59 Å². The van der Waals surface area contributed by atoms with Crippen LogP contribution in [0.1, 0.15) is 62.7 Å². The minimum atomic E-state index is -0.514. The number of primary amides is 1. The molecule has 0 radical (unpaired) electrons. The summed E-state index contributed by atoms with van der Waals surface area (Å²) in [5.41, 5.74) is 9.95. The Morgan fingerprint density at radius 2 is 1.76 bits per heavy atom. The molecule has 0 spiro atoms. The molecule has 1 aliphatic heterocycles. The number of nitrogens with two attached hydrogens (primary N) is 1. The van der Waals surface area contributed by atoms with Crippen molar-refractivity contribution < 1.29 is 9.59 Å². The number of piperidine rings is 1. The van der Waals surface area contributed by atoms with Crippen LogP contribution in [0.3, 0.4) is 0 Å². The molecule has 2 N–H and O–H groups in total. The Hall–Kier alpha value is -2.62. The number of rotatable bonds is 3. The maximum absolute atomic E-state index is 13.1. The molecule has 1 saturated heterocycles. The predicted octanol–water partition coefficient (Wildman–Crippen LogP) is 3.77. The van der Waals surface area contributed by atoms with Gasteiger partial charge in [-0.1, -0.05) is 24.3 Å². The van der Waals surface area contributed by atoms with Crippen molar-refractivity contribution in [2.24, 2.45) is 5.73 Å². The van der Waals surface area contributed by atoms with Gasteiger partial charge in [0.05, 0.1) is 6.04 Å². The van der Waals surface area contributed by atoms with E-state index in [1.807, 2.05) is 4.90 Å². The number of carbonyl (C=O) groups excluding carboxylic acids is 2. The van der Waals surface area contributed by atoms with E-state index >= 15 is 0 Å². The quantitative estimate of drug-likeness (QED) is 0.927. The minimum Gasteiger partial charge on any atom is -0.366 e. The second-order valence-corrected chi connectivity index (χ2v) is 6.74. The Balaban J connectivity index is 1.96. The lowest BCUT2D eigenvalue weighted by Gasteiger charge is -2.37. The molecule has 1 fully saturated rings. The van der Waals surface area contributed by atoms with E-state index in [0.717, 1.165) is 25.8 Å². The normalized spacial score (nSPS) is 17.4. The van der Waals surface area contributed by atoms with Crippen molar-refractivity contribution in [3.63, 3.8) is 0 Å². The van der Waals surface area contributed by atoms with Gasteiger partial charge in [-0.15, -0.1) is 0 Å². The fraction of sp³-hybridized carbons (Fsp3) is 0.333. The smallest absolute Gasteiger partial charge is 0.254 e. The van der Waals surface area contributed by atoms with Gasteiger partial charge in [-0.05, 0) is 68.0 Å². The van der Waals surface area contributed by atoms with E-state index in [9.17, 15) is 9.59 Å². The van der Waals surface area contributed by atoms with Crippen molar-refractivity contribution in [2.45, 2.75) is 39.2 Å². The van der Waals surface area contributed by atoms with Crippen LogP contribution in [-0.4, -0.2) is 23.3 Å². The molecule has 0 bridgehead atoms.